The lowest BCUT2D eigenvalue weighted by Crippen LogP contribution is -2.24. The van der Waals surface area contributed by atoms with Crippen molar-refractivity contribution in [2.24, 2.45) is 4.99 Å². The fraction of sp³-hybridized carbons (Fsp3) is 0.111. The molecule has 1 aliphatic rings. The largest absolute Gasteiger partial charge is 0.505 e. The maximum atomic E-state index is 12.4. The summed E-state index contributed by atoms with van der Waals surface area (Å²) in [6.45, 7) is 0.171. The molecule has 0 spiro atoms. The normalized spacial score (nSPS) is 14.6. The first-order valence-corrected chi connectivity index (χ1v) is 9.86. The van der Waals surface area contributed by atoms with Crippen molar-refractivity contribution in [1.29, 1.82) is 0 Å². The SMILES string of the molecule is O=C(NCc1ccccn1)c1ccc2c(O)c3c(c(O)c2n1)S(=O)(=O)CC=N3. The number of sulfone groups is 1. The summed E-state index contributed by atoms with van der Waals surface area (Å²) in [5.74, 6) is -2.00. The minimum atomic E-state index is -3.87. The summed E-state index contributed by atoms with van der Waals surface area (Å²) in [7, 11) is -3.87. The van der Waals surface area contributed by atoms with E-state index in [9.17, 15) is 23.4 Å². The summed E-state index contributed by atoms with van der Waals surface area (Å²) in [5.41, 5.74) is 0.178. The first-order chi connectivity index (χ1) is 13.4. The molecular formula is C18H14N4O5S. The number of fused-ring (bicyclic) bond motifs is 2. The molecular weight excluding hydrogens is 384 g/mol. The van der Waals surface area contributed by atoms with E-state index in [1.54, 1.807) is 24.4 Å². The van der Waals surface area contributed by atoms with E-state index >= 15 is 0 Å². The number of phenolic OH excluding ortho intramolecular Hbond substituents is 2. The Hall–Kier alpha value is -3.53. The van der Waals surface area contributed by atoms with Crippen LogP contribution in [0.15, 0.2) is 46.4 Å². The molecule has 0 unspecified atom stereocenters. The van der Waals surface area contributed by atoms with E-state index in [-0.39, 0.29) is 28.8 Å². The molecule has 3 aromatic rings. The minimum absolute atomic E-state index is 0.0465. The van der Waals surface area contributed by atoms with E-state index in [1.165, 1.54) is 12.1 Å². The van der Waals surface area contributed by atoms with Gasteiger partial charge in [0.2, 0.25) is 0 Å². The van der Waals surface area contributed by atoms with E-state index in [1.807, 2.05) is 0 Å². The highest BCUT2D eigenvalue weighted by molar-refractivity contribution is 7.92. The van der Waals surface area contributed by atoms with Crippen LogP contribution in [0.1, 0.15) is 16.2 Å². The molecule has 0 radical (unpaired) electrons. The summed E-state index contributed by atoms with van der Waals surface area (Å²) in [6, 6.07) is 8.03. The van der Waals surface area contributed by atoms with E-state index in [0.717, 1.165) is 6.21 Å². The predicted octanol–water partition coefficient (Wildman–Crippen LogP) is 1.46. The summed E-state index contributed by atoms with van der Waals surface area (Å²) in [5, 5.41) is 23.6. The number of aromatic nitrogens is 2. The second-order valence-corrected chi connectivity index (χ2v) is 8.04. The molecule has 0 aliphatic carbocycles. The van der Waals surface area contributed by atoms with Gasteiger partial charge >= 0.3 is 0 Å². The van der Waals surface area contributed by atoms with Crippen LogP contribution in [-0.2, 0) is 16.4 Å². The van der Waals surface area contributed by atoms with Crippen molar-refractivity contribution in [3.63, 3.8) is 0 Å². The number of pyridine rings is 2. The summed E-state index contributed by atoms with van der Waals surface area (Å²) in [4.78, 5) is 23.9. The molecule has 142 valence electrons. The molecule has 0 fully saturated rings. The van der Waals surface area contributed by atoms with Crippen molar-refractivity contribution in [2.45, 2.75) is 11.4 Å². The molecule has 1 aromatic carbocycles. The lowest BCUT2D eigenvalue weighted by Gasteiger charge is -2.16. The zero-order valence-electron chi connectivity index (χ0n) is 14.3. The Morgan fingerprint density at radius 3 is 2.71 bits per heavy atom. The van der Waals surface area contributed by atoms with Gasteiger partial charge in [-0.3, -0.25) is 14.8 Å². The van der Waals surface area contributed by atoms with Gasteiger partial charge < -0.3 is 15.5 Å². The lowest BCUT2D eigenvalue weighted by atomic mass is 10.1. The third-order valence-corrected chi connectivity index (χ3v) is 5.84. The average molecular weight is 398 g/mol. The van der Waals surface area contributed by atoms with Crippen molar-refractivity contribution in [2.75, 3.05) is 5.75 Å². The first-order valence-electron chi connectivity index (χ1n) is 8.20. The van der Waals surface area contributed by atoms with Crippen LogP contribution >= 0.6 is 0 Å². The Bertz CT molecular complexity index is 1240. The summed E-state index contributed by atoms with van der Waals surface area (Å²) in [6.07, 6.45) is 2.75. The lowest BCUT2D eigenvalue weighted by molar-refractivity contribution is 0.0945. The number of nitrogens with zero attached hydrogens (tertiary/aromatic N) is 3. The van der Waals surface area contributed by atoms with Gasteiger partial charge in [0.05, 0.1) is 18.0 Å². The highest BCUT2D eigenvalue weighted by Gasteiger charge is 2.31. The van der Waals surface area contributed by atoms with Crippen LogP contribution in [0.5, 0.6) is 11.5 Å². The van der Waals surface area contributed by atoms with Gasteiger partial charge in [-0.25, -0.2) is 13.4 Å². The van der Waals surface area contributed by atoms with Crippen LogP contribution in [0.4, 0.5) is 5.69 Å². The monoisotopic (exact) mass is 398 g/mol. The second kappa shape index (κ2) is 6.57. The number of amides is 1. The van der Waals surface area contributed by atoms with Crippen LogP contribution in [-0.4, -0.2) is 46.5 Å². The number of aromatic hydroxyl groups is 2. The maximum Gasteiger partial charge on any atom is 0.270 e. The van der Waals surface area contributed by atoms with Crippen molar-refractivity contribution >= 4 is 38.5 Å². The van der Waals surface area contributed by atoms with Gasteiger partial charge in [0, 0.05) is 17.8 Å². The number of nitrogens with one attached hydrogen (secondary N) is 1. The van der Waals surface area contributed by atoms with Crippen molar-refractivity contribution in [3.8, 4) is 11.5 Å². The molecule has 10 heteroatoms. The van der Waals surface area contributed by atoms with Gasteiger partial charge in [-0.2, -0.15) is 0 Å². The standard InChI is InChI=1S/C18H14N4O5S/c23-15-11-4-5-12(18(25)21-9-10-3-1-2-6-19-10)22-13(11)16(24)17-14(15)20-7-8-28(17,26)27/h1-7,23-24H,8-9H2,(H,21,25). The van der Waals surface area contributed by atoms with Crippen LogP contribution in [0.2, 0.25) is 0 Å². The zero-order valence-corrected chi connectivity index (χ0v) is 15.1. The smallest absolute Gasteiger partial charge is 0.270 e. The van der Waals surface area contributed by atoms with Gasteiger partial charge in [-0.05, 0) is 24.3 Å². The highest BCUT2D eigenvalue weighted by atomic mass is 32.2. The topological polar surface area (TPSA) is 142 Å². The molecule has 28 heavy (non-hydrogen) atoms. The minimum Gasteiger partial charge on any atom is -0.505 e. The number of carbonyl (C=O) groups is 1. The highest BCUT2D eigenvalue weighted by Crippen LogP contribution is 2.47. The van der Waals surface area contributed by atoms with Crippen LogP contribution in [0.3, 0.4) is 0 Å². The Morgan fingerprint density at radius 1 is 1.14 bits per heavy atom. The zero-order chi connectivity index (χ0) is 19.9. The molecule has 3 N–H and O–H groups in total. The third kappa shape index (κ3) is 2.93. The van der Waals surface area contributed by atoms with Gasteiger partial charge in [0.1, 0.15) is 21.8 Å². The molecule has 0 saturated heterocycles. The Kier molecular flexibility index (Phi) is 4.19. The number of hydrogen-bond acceptors (Lipinski definition) is 8. The number of phenols is 2. The quantitative estimate of drug-likeness (QED) is 0.567. The maximum absolute atomic E-state index is 12.4. The molecule has 1 amide bonds. The van der Waals surface area contributed by atoms with Crippen molar-refractivity contribution in [1.82, 2.24) is 15.3 Å². The van der Waals surface area contributed by atoms with Crippen molar-refractivity contribution in [3.05, 3.63) is 47.9 Å². The molecule has 9 nitrogen and oxygen atoms in total. The Balaban J connectivity index is 1.76. The molecule has 0 bridgehead atoms. The number of carbonyl (C=O) groups excluding carboxylic acids is 1. The molecule has 4 rings (SSSR count). The summed E-state index contributed by atoms with van der Waals surface area (Å²) >= 11 is 0. The Morgan fingerprint density at radius 2 is 1.96 bits per heavy atom. The van der Waals surface area contributed by atoms with Crippen LogP contribution in [0.25, 0.3) is 10.9 Å². The second-order valence-electron chi connectivity index (χ2n) is 6.06. The van der Waals surface area contributed by atoms with Crippen molar-refractivity contribution < 1.29 is 23.4 Å². The van der Waals surface area contributed by atoms with Gasteiger partial charge in [0.25, 0.3) is 5.91 Å². The van der Waals surface area contributed by atoms with E-state index in [0.29, 0.717) is 5.69 Å². The summed E-state index contributed by atoms with van der Waals surface area (Å²) < 4.78 is 24.6. The average Bonchev–Trinajstić information content (AvgIpc) is 2.70. The Labute approximate surface area is 159 Å². The molecule has 3 heterocycles. The molecule has 2 aromatic heterocycles. The number of hydrogen-bond donors (Lipinski definition) is 3. The predicted molar refractivity (Wildman–Crippen MR) is 101 cm³/mol. The third-order valence-electron chi connectivity index (χ3n) is 4.24. The van der Waals surface area contributed by atoms with E-state index < -0.39 is 37.9 Å². The van der Waals surface area contributed by atoms with Gasteiger partial charge in [-0.15, -0.1) is 0 Å². The number of benzene rings is 1. The molecule has 0 saturated carbocycles. The number of aliphatic imine (C=N–C) groups is 1. The van der Waals surface area contributed by atoms with E-state index in [4.69, 9.17) is 0 Å². The molecule has 0 atom stereocenters. The first kappa shape index (κ1) is 17.9. The van der Waals surface area contributed by atoms with Gasteiger partial charge in [0.15, 0.2) is 21.3 Å². The fourth-order valence-corrected chi connectivity index (χ4v) is 4.17. The van der Waals surface area contributed by atoms with E-state index in [2.05, 4.69) is 20.3 Å². The molecule has 1 aliphatic heterocycles. The van der Waals surface area contributed by atoms with Crippen LogP contribution < -0.4 is 5.32 Å². The van der Waals surface area contributed by atoms with Gasteiger partial charge in [-0.1, -0.05) is 6.07 Å². The van der Waals surface area contributed by atoms with Crippen LogP contribution in [0, 0.1) is 0 Å². The number of rotatable bonds is 3. The fourth-order valence-electron chi connectivity index (χ4n) is 2.90.